The molecule has 1 fully saturated rings. The molecule has 144 valence electrons. The average molecular weight is 388 g/mol. The molecule has 3 rings (SSSR count). The number of rotatable bonds is 7. The lowest BCUT2D eigenvalue weighted by atomic mass is 10.1. The van der Waals surface area contributed by atoms with Gasteiger partial charge in [-0.05, 0) is 30.0 Å². The highest BCUT2D eigenvalue weighted by Gasteiger charge is 2.30. The highest BCUT2D eigenvalue weighted by molar-refractivity contribution is 7.92. The van der Waals surface area contributed by atoms with Crippen molar-refractivity contribution in [3.05, 3.63) is 66.0 Å². The van der Waals surface area contributed by atoms with Gasteiger partial charge in [-0.2, -0.15) is 0 Å². The fourth-order valence-electron chi connectivity index (χ4n) is 3.36. The molecule has 1 aromatic heterocycles. The molecule has 1 atom stereocenters. The third kappa shape index (κ3) is 5.61. The van der Waals surface area contributed by atoms with Crippen LogP contribution in [0.2, 0.25) is 0 Å². The second-order valence-corrected chi connectivity index (χ2v) is 8.96. The van der Waals surface area contributed by atoms with E-state index in [1.165, 1.54) is 0 Å². The zero-order valence-corrected chi connectivity index (χ0v) is 16.1. The molecule has 0 bridgehead atoms. The topological polar surface area (TPSA) is 79.4 Å². The van der Waals surface area contributed by atoms with Gasteiger partial charge in [0, 0.05) is 32.0 Å². The van der Waals surface area contributed by atoms with E-state index in [4.69, 9.17) is 0 Å². The van der Waals surface area contributed by atoms with Gasteiger partial charge in [-0.1, -0.05) is 36.4 Å². The maximum Gasteiger partial charge on any atom is 0.238 e. The molecule has 6 nitrogen and oxygen atoms in total. The van der Waals surface area contributed by atoms with Crippen molar-refractivity contribution in [3.8, 4) is 0 Å². The van der Waals surface area contributed by atoms with E-state index in [9.17, 15) is 13.2 Å². The molecule has 1 aliphatic heterocycles. The molecule has 1 unspecified atom stereocenters. The van der Waals surface area contributed by atoms with Crippen LogP contribution >= 0.6 is 0 Å². The van der Waals surface area contributed by atoms with Crippen molar-refractivity contribution < 1.29 is 13.2 Å². The number of hydrogen-bond donors (Lipinski definition) is 1. The van der Waals surface area contributed by atoms with Crippen LogP contribution in [-0.4, -0.2) is 55.3 Å². The maximum absolute atomic E-state index is 12.7. The van der Waals surface area contributed by atoms with Crippen molar-refractivity contribution in [2.75, 3.05) is 31.1 Å². The first-order valence-electron chi connectivity index (χ1n) is 9.20. The van der Waals surface area contributed by atoms with E-state index in [1.54, 1.807) is 17.3 Å². The summed E-state index contributed by atoms with van der Waals surface area (Å²) in [7, 11) is -3.43. The van der Waals surface area contributed by atoms with Crippen LogP contribution in [0, 0.1) is 0 Å². The lowest BCUT2D eigenvalue weighted by Crippen LogP contribution is -2.50. The minimum atomic E-state index is -3.43. The normalized spacial score (nSPS) is 17.6. The van der Waals surface area contributed by atoms with E-state index in [2.05, 4.69) is 10.3 Å². The number of piperazine rings is 1. The Balaban J connectivity index is 1.58. The number of benzene rings is 1. The van der Waals surface area contributed by atoms with Crippen LogP contribution < -0.4 is 5.32 Å². The van der Waals surface area contributed by atoms with E-state index in [-0.39, 0.29) is 17.7 Å². The molecule has 1 aliphatic rings. The smallest absolute Gasteiger partial charge is 0.238 e. The number of carbonyl (C=O) groups excluding carboxylic acids is 1. The quantitative estimate of drug-likeness (QED) is 0.781. The van der Waals surface area contributed by atoms with Crippen LogP contribution in [-0.2, 0) is 21.1 Å². The molecule has 1 saturated heterocycles. The van der Waals surface area contributed by atoms with Crippen molar-refractivity contribution in [2.45, 2.75) is 18.9 Å². The minimum Gasteiger partial charge on any atom is -0.332 e. The summed E-state index contributed by atoms with van der Waals surface area (Å²) >= 11 is 0. The summed E-state index contributed by atoms with van der Waals surface area (Å²) in [4.78, 5) is 18.5. The van der Waals surface area contributed by atoms with Gasteiger partial charge >= 0.3 is 0 Å². The number of aryl methyl sites for hydroxylation is 1. The fourth-order valence-corrected chi connectivity index (χ4v) is 4.63. The standard InChI is InChI=1S/C20H25N3O3S/c24-20(16-27(25,26)13-5-8-17-6-2-1-3-7-17)23-12-11-22-15-19(23)18-9-4-10-21-14-18/h1-4,6-7,9-10,14,19,22H,5,8,11-13,15-16H2. The summed E-state index contributed by atoms with van der Waals surface area (Å²) in [6.07, 6.45) is 4.63. The van der Waals surface area contributed by atoms with Crippen LogP contribution in [0.5, 0.6) is 0 Å². The highest BCUT2D eigenvalue weighted by Crippen LogP contribution is 2.22. The van der Waals surface area contributed by atoms with Crippen LogP contribution in [0.1, 0.15) is 23.6 Å². The van der Waals surface area contributed by atoms with Gasteiger partial charge < -0.3 is 10.2 Å². The van der Waals surface area contributed by atoms with Crippen molar-refractivity contribution in [1.29, 1.82) is 0 Å². The van der Waals surface area contributed by atoms with Gasteiger partial charge in [0.25, 0.3) is 0 Å². The van der Waals surface area contributed by atoms with E-state index in [0.29, 0.717) is 32.5 Å². The Kier molecular flexibility index (Phi) is 6.58. The monoisotopic (exact) mass is 387 g/mol. The van der Waals surface area contributed by atoms with Gasteiger partial charge in [-0.15, -0.1) is 0 Å². The van der Waals surface area contributed by atoms with E-state index in [1.807, 2.05) is 42.5 Å². The van der Waals surface area contributed by atoms with E-state index in [0.717, 1.165) is 11.1 Å². The molecule has 27 heavy (non-hydrogen) atoms. The van der Waals surface area contributed by atoms with Crippen molar-refractivity contribution in [2.24, 2.45) is 0 Å². The Morgan fingerprint density at radius 2 is 2.00 bits per heavy atom. The van der Waals surface area contributed by atoms with Gasteiger partial charge in [0.2, 0.25) is 5.91 Å². The first-order valence-corrected chi connectivity index (χ1v) is 11.0. The predicted octanol–water partition coefficient (Wildman–Crippen LogP) is 1.60. The SMILES string of the molecule is O=C(CS(=O)(=O)CCCc1ccccc1)N1CCNCC1c1cccnc1. The summed E-state index contributed by atoms with van der Waals surface area (Å²) in [5, 5.41) is 3.26. The fraction of sp³-hybridized carbons (Fsp3) is 0.400. The van der Waals surface area contributed by atoms with Gasteiger partial charge in [0.1, 0.15) is 5.75 Å². The van der Waals surface area contributed by atoms with Crippen molar-refractivity contribution in [1.82, 2.24) is 15.2 Å². The zero-order chi connectivity index (χ0) is 19.1. The number of pyridine rings is 1. The number of nitrogens with one attached hydrogen (secondary N) is 1. The Hall–Kier alpha value is -2.25. The first-order chi connectivity index (χ1) is 13.1. The second-order valence-electron chi connectivity index (χ2n) is 6.77. The number of amides is 1. The Bertz CT molecular complexity index is 841. The molecule has 0 spiro atoms. The third-order valence-corrected chi connectivity index (χ3v) is 6.34. The highest BCUT2D eigenvalue weighted by atomic mass is 32.2. The Morgan fingerprint density at radius 3 is 2.74 bits per heavy atom. The van der Waals surface area contributed by atoms with Gasteiger partial charge in [0.15, 0.2) is 9.84 Å². The molecule has 1 aromatic carbocycles. The molecule has 0 saturated carbocycles. The van der Waals surface area contributed by atoms with Crippen molar-refractivity contribution in [3.63, 3.8) is 0 Å². The number of sulfone groups is 1. The molecule has 2 aromatic rings. The average Bonchev–Trinajstić information content (AvgIpc) is 2.69. The van der Waals surface area contributed by atoms with Crippen LogP contribution in [0.25, 0.3) is 0 Å². The number of hydrogen-bond acceptors (Lipinski definition) is 5. The summed E-state index contributed by atoms with van der Waals surface area (Å²) in [5.74, 6) is -0.736. The van der Waals surface area contributed by atoms with E-state index >= 15 is 0 Å². The molecular weight excluding hydrogens is 362 g/mol. The molecule has 1 N–H and O–H groups in total. The summed E-state index contributed by atoms with van der Waals surface area (Å²) < 4.78 is 24.9. The Morgan fingerprint density at radius 1 is 1.19 bits per heavy atom. The van der Waals surface area contributed by atoms with E-state index < -0.39 is 15.6 Å². The first kappa shape index (κ1) is 19.5. The number of nitrogens with zero attached hydrogens (tertiary/aromatic N) is 2. The lowest BCUT2D eigenvalue weighted by Gasteiger charge is -2.36. The lowest BCUT2D eigenvalue weighted by molar-refractivity contribution is -0.131. The maximum atomic E-state index is 12.7. The summed E-state index contributed by atoms with van der Waals surface area (Å²) in [6, 6.07) is 13.3. The second kappa shape index (κ2) is 9.10. The van der Waals surface area contributed by atoms with Crippen molar-refractivity contribution >= 4 is 15.7 Å². The van der Waals surface area contributed by atoms with Crippen LogP contribution in [0.15, 0.2) is 54.9 Å². The summed E-state index contributed by atoms with van der Waals surface area (Å²) in [5.41, 5.74) is 2.03. The molecule has 2 heterocycles. The van der Waals surface area contributed by atoms with Crippen LogP contribution in [0.3, 0.4) is 0 Å². The number of carbonyl (C=O) groups is 1. The zero-order valence-electron chi connectivity index (χ0n) is 15.3. The minimum absolute atomic E-state index is 0.0251. The third-order valence-electron chi connectivity index (χ3n) is 4.74. The molecule has 7 heteroatoms. The van der Waals surface area contributed by atoms with Crippen LogP contribution in [0.4, 0.5) is 0 Å². The predicted molar refractivity (Wildman–Crippen MR) is 105 cm³/mol. The number of aromatic nitrogens is 1. The largest absolute Gasteiger partial charge is 0.332 e. The van der Waals surface area contributed by atoms with Gasteiger partial charge in [-0.3, -0.25) is 9.78 Å². The molecule has 0 aliphatic carbocycles. The van der Waals surface area contributed by atoms with Gasteiger partial charge in [-0.25, -0.2) is 8.42 Å². The molecular formula is C20H25N3O3S. The Labute approximate surface area is 160 Å². The van der Waals surface area contributed by atoms with Gasteiger partial charge in [0.05, 0.1) is 11.8 Å². The molecule has 1 amide bonds. The molecule has 0 radical (unpaired) electrons. The summed E-state index contributed by atoms with van der Waals surface area (Å²) in [6.45, 7) is 1.76.